The molecule has 0 amide bonds. The highest BCUT2D eigenvalue weighted by atomic mass is 16.8. The number of cyclic esters (lactones) is 1. The summed E-state index contributed by atoms with van der Waals surface area (Å²) in [6.07, 6.45) is -21.8. The number of aliphatic hydroxyl groups is 5. The number of carbonyl (C=O) groups is 6. The SMILES string of the molecule is O=C(OC1OC2COC(=O)c3cc(O)c(O)c(O)c3-c3c(cc(O)c(O)c3O)C(=O)OC2C(OC(=O)c2cc(O)c(O)c(O)c2)C1OC(=O)c1cc(O)c(O)c(O)c1)c1cc(O)c(O)c(Oc2c(C(=O)OCC3(O)OC(CO)C(O)C(O)C3O)cc(O)c(O)c2O)c1. The minimum absolute atomic E-state index is 0.329. The Morgan fingerprint density at radius 1 is 0.500 bits per heavy atom. The van der Waals surface area contributed by atoms with E-state index >= 15 is 0 Å². The lowest BCUT2D eigenvalue weighted by atomic mass is 9.92. The first-order valence-corrected chi connectivity index (χ1v) is 25.6. The second-order valence-corrected chi connectivity index (χ2v) is 20.0. The molecule has 0 saturated carbocycles. The average molecular weight is 1300 g/mol. The highest BCUT2D eigenvalue weighted by Crippen LogP contribution is 2.54. The lowest BCUT2D eigenvalue weighted by Gasteiger charge is -2.44. The van der Waals surface area contributed by atoms with E-state index in [1.165, 1.54) is 0 Å². The number of aromatic hydroxyl groups is 17. The van der Waals surface area contributed by atoms with Gasteiger partial charge in [0.05, 0.1) is 34.4 Å². The van der Waals surface area contributed by atoms with E-state index in [0.717, 1.165) is 0 Å². The van der Waals surface area contributed by atoms with Crippen molar-refractivity contribution in [1.82, 2.24) is 0 Å². The molecule has 10 unspecified atom stereocenters. The number of ether oxygens (including phenoxy) is 9. The summed E-state index contributed by atoms with van der Waals surface area (Å²) >= 11 is 0. The third kappa shape index (κ3) is 11.6. The highest BCUT2D eigenvalue weighted by Gasteiger charge is 2.56. The van der Waals surface area contributed by atoms with E-state index < -0.39 is 270 Å². The van der Waals surface area contributed by atoms with Crippen molar-refractivity contribution in [2.45, 2.75) is 60.9 Å². The fourth-order valence-electron chi connectivity index (χ4n) is 9.42. The molecule has 6 aromatic carbocycles. The number of hydrogen-bond acceptors (Lipinski definition) is 37. The number of benzene rings is 6. The van der Waals surface area contributed by atoms with Crippen molar-refractivity contribution in [2.24, 2.45) is 0 Å². The lowest BCUT2D eigenvalue weighted by molar-refractivity contribution is -0.357. The van der Waals surface area contributed by atoms with Crippen molar-refractivity contribution < 1.29 is 184 Å². The Morgan fingerprint density at radius 2 is 0.946 bits per heavy atom. The molecule has 37 nitrogen and oxygen atoms in total. The molecule has 2 saturated heterocycles. The molecule has 0 bridgehead atoms. The van der Waals surface area contributed by atoms with Crippen LogP contribution in [0, 0.1) is 0 Å². The van der Waals surface area contributed by atoms with Crippen LogP contribution in [0.2, 0.25) is 0 Å². The van der Waals surface area contributed by atoms with Gasteiger partial charge in [0, 0.05) is 17.2 Å². The van der Waals surface area contributed by atoms with Crippen molar-refractivity contribution in [3.63, 3.8) is 0 Å². The fraction of sp³-hybridized carbons (Fsp3) is 0.236. The van der Waals surface area contributed by atoms with E-state index in [9.17, 15) is 141 Å². The van der Waals surface area contributed by atoms with Gasteiger partial charge in [0.15, 0.2) is 92.7 Å². The van der Waals surface area contributed by atoms with Crippen molar-refractivity contribution in [3.05, 3.63) is 88.0 Å². The normalized spacial score (nSPS) is 22.8. The molecule has 37 heteroatoms. The molecule has 10 atom stereocenters. The highest BCUT2D eigenvalue weighted by molar-refractivity contribution is 6.08. The molecule has 9 rings (SSSR count). The number of esters is 6. The van der Waals surface area contributed by atoms with Gasteiger partial charge in [-0.15, -0.1) is 0 Å². The van der Waals surface area contributed by atoms with Gasteiger partial charge in [-0.1, -0.05) is 0 Å². The first-order chi connectivity index (χ1) is 43.2. The molecule has 488 valence electrons. The van der Waals surface area contributed by atoms with Gasteiger partial charge in [0.25, 0.3) is 0 Å². The van der Waals surface area contributed by atoms with E-state index in [1.807, 2.05) is 0 Å². The van der Waals surface area contributed by atoms with Gasteiger partial charge < -0.3 is 155 Å². The zero-order valence-electron chi connectivity index (χ0n) is 45.5. The summed E-state index contributed by atoms with van der Waals surface area (Å²) in [5.74, 6) is -39.8. The summed E-state index contributed by atoms with van der Waals surface area (Å²) in [5, 5.41) is 232. The minimum atomic E-state index is -3.12. The Bertz CT molecular complexity index is 4000. The Morgan fingerprint density at radius 3 is 1.47 bits per heavy atom. The fourth-order valence-corrected chi connectivity index (χ4v) is 9.42. The Kier molecular flexibility index (Phi) is 17.1. The topological polar surface area (TPSA) is 631 Å². The second kappa shape index (κ2) is 24.3. The predicted molar refractivity (Wildman–Crippen MR) is 283 cm³/mol. The maximum Gasteiger partial charge on any atom is 0.342 e. The van der Waals surface area contributed by atoms with Crippen molar-refractivity contribution in [1.29, 1.82) is 0 Å². The summed E-state index contributed by atoms with van der Waals surface area (Å²) in [6, 6.07) is 3.66. The van der Waals surface area contributed by atoms with Crippen molar-refractivity contribution in [3.8, 4) is 120 Å². The lowest BCUT2D eigenvalue weighted by Crippen LogP contribution is -2.66. The van der Waals surface area contributed by atoms with Crippen LogP contribution in [0.25, 0.3) is 11.1 Å². The minimum Gasteiger partial charge on any atom is -0.504 e. The number of aliphatic hydroxyl groups excluding tert-OH is 4. The van der Waals surface area contributed by atoms with Gasteiger partial charge in [-0.2, -0.15) is 0 Å². The van der Waals surface area contributed by atoms with E-state index in [-0.39, 0.29) is 0 Å². The van der Waals surface area contributed by atoms with Gasteiger partial charge in [0.1, 0.15) is 49.3 Å². The monoisotopic (exact) mass is 1300 g/mol. The molecule has 0 radical (unpaired) electrons. The van der Waals surface area contributed by atoms with E-state index in [1.54, 1.807) is 0 Å². The molecule has 3 aliphatic heterocycles. The summed E-state index contributed by atoms with van der Waals surface area (Å²) in [7, 11) is 0. The molecule has 0 aromatic heterocycles. The Hall–Kier alpha value is -11.7. The number of fused-ring (bicyclic) bond motifs is 4. The van der Waals surface area contributed by atoms with Crippen molar-refractivity contribution >= 4 is 35.8 Å². The average Bonchev–Trinajstić information content (AvgIpc) is 1.16. The molecule has 3 heterocycles. The zero-order chi connectivity index (χ0) is 67.6. The molecule has 22 N–H and O–H groups in total. The maximum absolute atomic E-state index is 14.7. The quantitative estimate of drug-likeness (QED) is 0.0405. The maximum atomic E-state index is 14.7. The van der Waals surface area contributed by atoms with Crippen LogP contribution in [-0.2, 0) is 37.9 Å². The van der Waals surface area contributed by atoms with Crippen LogP contribution in [0.1, 0.15) is 62.1 Å². The number of phenols is 17. The predicted octanol–water partition coefficient (Wildman–Crippen LogP) is -0.811. The van der Waals surface area contributed by atoms with Crippen LogP contribution in [0.3, 0.4) is 0 Å². The Labute approximate surface area is 507 Å². The molecular formula is C55H46O37. The van der Waals surface area contributed by atoms with Gasteiger partial charge in [-0.3, -0.25) is 0 Å². The first kappa shape index (κ1) is 64.7. The summed E-state index contributed by atoms with van der Waals surface area (Å²) in [4.78, 5) is 85.6. The summed E-state index contributed by atoms with van der Waals surface area (Å²) < 4.78 is 49.4. The largest absolute Gasteiger partial charge is 0.504 e. The van der Waals surface area contributed by atoms with Crippen LogP contribution in [-0.4, -0.2) is 229 Å². The van der Waals surface area contributed by atoms with E-state index in [2.05, 4.69) is 0 Å². The van der Waals surface area contributed by atoms with E-state index in [4.69, 9.17) is 42.6 Å². The molecule has 6 aromatic rings. The van der Waals surface area contributed by atoms with Gasteiger partial charge >= 0.3 is 35.8 Å². The molecule has 0 spiro atoms. The molecule has 3 aliphatic rings. The van der Waals surface area contributed by atoms with Crippen LogP contribution in [0.4, 0.5) is 0 Å². The molecule has 2 fully saturated rings. The number of carbonyl (C=O) groups excluding carboxylic acids is 6. The molecular weight excluding hydrogens is 1250 g/mol. The first-order valence-electron chi connectivity index (χ1n) is 25.6. The molecule has 0 aliphatic carbocycles. The summed E-state index contributed by atoms with van der Waals surface area (Å²) in [5.41, 5.74) is -8.76. The second-order valence-electron chi connectivity index (χ2n) is 20.0. The third-order valence-corrected chi connectivity index (χ3v) is 14.1. The van der Waals surface area contributed by atoms with Gasteiger partial charge in [-0.25, -0.2) is 28.8 Å². The molecule has 92 heavy (non-hydrogen) atoms. The number of hydrogen-bond donors (Lipinski definition) is 22. The van der Waals surface area contributed by atoms with Crippen LogP contribution >= 0.6 is 0 Å². The Balaban J connectivity index is 1.16. The number of phenolic OH excluding ortho intramolecular Hbond substituents is 17. The third-order valence-electron chi connectivity index (χ3n) is 14.1. The standard InChI is InChI=1S/C55H46O37/c56-10-28-38(71)42(75)47(76)55(83,92-28)12-85-52(81)18-9-26(64)37(70)41(74)43(18)86-27-6-15(5-23(61)34(27)67)50(79)91-54-46(90-49(78)14-3-21(59)33(66)22(60)4-14)45(89-48(77)13-1-19(57)32(65)20(58)2-13)44-29(87-54)11-84-51(80)16-7-24(62)35(68)39(72)30(16)31-17(53(82)88-44)8-25(63)36(69)40(31)73/h1-9,28-29,38,42,44-47,54,56-76,83H,10-12H2. The van der Waals surface area contributed by atoms with Crippen LogP contribution in [0.5, 0.6) is 109 Å². The smallest absolute Gasteiger partial charge is 0.342 e. The van der Waals surface area contributed by atoms with Crippen LogP contribution in [0.15, 0.2) is 54.6 Å². The van der Waals surface area contributed by atoms with Gasteiger partial charge in [0.2, 0.25) is 46.9 Å². The van der Waals surface area contributed by atoms with E-state index in [0.29, 0.717) is 54.6 Å². The van der Waals surface area contributed by atoms with Crippen LogP contribution < -0.4 is 4.74 Å². The zero-order valence-corrected chi connectivity index (χ0v) is 45.5. The number of rotatable bonds is 12. The summed E-state index contributed by atoms with van der Waals surface area (Å²) in [6.45, 7) is -4.00. The van der Waals surface area contributed by atoms with Crippen molar-refractivity contribution in [2.75, 3.05) is 19.8 Å². The van der Waals surface area contributed by atoms with Gasteiger partial charge in [-0.05, 0) is 48.5 Å².